The van der Waals surface area contributed by atoms with E-state index >= 15 is 0 Å². The summed E-state index contributed by atoms with van der Waals surface area (Å²) in [6.07, 6.45) is 1.87. The third kappa shape index (κ3) is 5.17. The summed E-state index contributed by atoms with van der Waals surface area (Å²) in [6.45, 7) is 6.67. The summed E-state index contributed by atoms with van der Waals surface area (Å²) < 4.78 is 34.8. The van der Waals surface area contributed by atoms with Crippen LogP contribution in [0.25, 0.3) is 11.3 Å². The van der Waals surface area contributed by atoms with E-state index in [1.54, 1.807) is 27.8 Å². The summed E-state index contributed by atoms with van der Waals surface area (Å²) in [7, 11) is -3.40. The van der Waals surface area contributed by atoms with Crippen molar-refractivity contribution in [3.05, 3.63) is 58.7 Å². The van der Waals surface area contributed by atoms with Gasteiger partial charge in [-0.15, -0.1) is 28.3 Å². The Morgan fingerprint density at radius 2 is 1.66 bits per heavy atom. The monoisotopic (exact) mass is 537 g/mol. The molecule has 0 amide bonds. The molecule has 1 saturated heterocycles. The fourth-order valence-electron chi connectivity index (χ4n) is 3.72. The Morgan fingerprint density at radius 3 is 2.25 bits per heavy atom. The van der Waals surface area contributed by atoms with Crippen molar-refractivity contribution in [3.8, 4) is 17.0 Å². The lowest BCUT2D eigenvalue weighted by molar-refractivity contribution is 0.340. The molecular formula is C23H28BrN3O3S2. The number of hydrogen-bond acceptors (Lipinski definition) is 5. The van der Waals surface area contributed by atoms with Crippen LogP contribution in [0.2, 0.25) is 0 Å². The molecule has 0 bridgehead atoms. The molecule has 1 aromatic heterocycles. The average Bonchev–Trinajstić information content (AvgIpc) is 3.46. The van der Waals surface area contributed by atoms with Crippen molar-refractivity contribution < 1.29 is 13.2 Å². The number of rotatable bonds is 7. The van der Waals surface area contributed by atoms with E-state index < -0.39 is 10.0 Å². The summed E-state index contributed by atoms with van der Waals surface area (Å²) >= 11 is 1.57. The highest BCUT2D eigenvalue weighted by atomic mass is 79.9. The van der Waals surface area contributed by atoms with Crippen molar-refractivity contribution in [1.29, 1.82) is 0 Å². The molecule has 3 aromatic rings. The van der Waals surface area contributed by atoms with Gasteiger partial charge in [-0.25, -0.2) is 13.4 Å². The Bertz CT molecular complexity index is 1190. The second-order valence-corrected chi connectivity index (χ2v) is 10.1. The highest BCUT2D eigenvalue weighted by Crippen LogP contribution is 2.26. The zero-order valence-electron chi connectivity index (χ0n) is 18.2. The lowest BCUT2D eigenvalue weighted by Crippen LogP contribution is -2.27. The quantitative estimate of drug-likeness (QED) is 0.414. The van der Waals surface area contributed by atoms with Gasteiger partial charge in [0.05, 0.1) is 22.9 Å². The van der Waals surface area contributed by atoms with E-state index in [0.717, 1.165) is 46.9 Å². The smallest absolute Gasteiger partial charge is 0.243 e. The van der Waals surface area contributed by atoms with E-state index in [1.807, 2.05) is 43.3 Å². The molecule has 2 aromatic carbocycles. The maximum atomic E-state index is 12.8. The Kier molecular flexibility index (Phi) is 8.32. The minimum absolute atomic E-state index is 0. The van der Waals surface area contributed by atoms with Gasteiger partial charge in [0.2, 0.25) is 10.0 Å². The van der Waals surface area contributed by atoms with Crippen molar-refractivity contribution in [1.82, 2.24) is 8.87 Å². The van der Waals surface area contributed by atoms with Gasteiger partial charge in [-0.2, -0.15) is 4.31 Å². The van der Waals surface area contributed by atoms with Crippen LogP contribution in [-0.2, 0) is 16.6 Å². The number of benzene rings is 2. The van der Waals surface area contributed by atoms with Gasteiger partial charge in [0.15, 0.2) is 4.80 Å². The van der Waals surface area contributed by atoms with E-state index in [1.165, 1.54) is 0 Å². The predicted octanol–water partition coefficient (Wildman–Crippen LogP) is 5.23. The normalized spacial score (nSPS) is 15.0. The number of thiazole rings is 1. The highest BCUT2D eigenvalue weighted by Gasteiger charge is 2.27. The van der Waals surface area contributed by atoms with E-state index in [-0.39, 0.29) is 17.0 Å². The van der Waals surface area contributed by atoms with Crippen LogP contribution in [0, 0.1) is 0 Å². The maximum absolute atomic E-state index is 12.8. The number of nitrogens with zero attached hydrogens (tertiary/aromatic N) is 3. The van der Waals surface area contributed by atoms with Crippen LogP contribution in [0.3, 0.4) is 0 Å². The molecule has 0 spiro atoms. The Hall–Kier alpha value is -1.94. The number of halogens is 1. The standard InChI is InChI=1S/C23H27N3O3S2.BrH/c1-3-26-22(17-30-23(26)24-19-9-11-20(12-10-19)29-4-2)18-7-13-21(14-8-18)31(27,28)25-15-5-6-16-25;/h7-14,17H,3-6,15-16H2,1-2H3;1H. The minimum atomic E-state index is -3.40. The molecule has 0 atom stereocenters. The van der Waals surface area contributed by atoms with E-state index in [0.29, 0.717) is 24.6 Å². The van der Waals surface area contributed by atoms with Crippen LogP contribution < -0.4 is 9.54 Å². The number of ether oxygens (including phenoxy) is 1. The second-order valence-electron chi connectivity index (χ2n) is 7.32. The summed E-state index contributed by atoms with van der Waals surface area (Å²) in [4.78, 5) is 6.05. The van der Waals surface area contributed by atoms with E-state index in [2.05, 4.69) is 16.9 Å². The fourth-order valence-corrected chi connectivity index (χ4v) is 6.23. The topological polar surface area (TPSA) is 63.9 Å². The largest absolute Gasteiger partial charge is 0.494 e. The van der Waals surface area contributed by atoms with Gasteiger partial charge in [0, 0.05) is 25.0 Å². The fraction of sp³-hybridized carbons (Fsp3) is 0.348. The molecular weight excluding hydrogens is 510 g/mol. The van der Waals surface area contributed by atoms with E-state index in [9.17, 15) is 8.42 Å². The lowest BCUT2D eigenvalue weighted by Gasteiger charge is -2.15. The minimum Gasteiger partial charge on any atom is -0.494 e. The molecule has 0 N–H and O–H groups in total. The van der Waals surface area contributed by atoms with Gasteiger partial charge in [0.25, 0.3) is 0 Å². The van der Waals surface area contributed by atoms with Crippen LogP contribution in [0.15, 0.2) is 63.8 Å². The molecule has 9 heteroatoms. The van der Waals surface area contributed by atoms with Crippen molar-refractivity contribution >= 4 is 44.0 Å². The van der Waals surface area contributed by atoms with Crippen molar-refractivity contribution in [3.63, 3.8) is 0 Å². The summed E-state index contributed by atoms with van der Waals surface area (Å²) in [5, 5.41) is 2.07. The van der Waals surface area contributed by atoms with Gasteiger partial charge >= 0.3 is 0 Å². The molecule has 0 unspecified atom stereocenters. The van der Waals surface area contributed by atoms with Crippen LogP contribution in [0.5, 0.6) is 5.75 Å². The number of hydrogen-bond donors (Lipinski definition) is 0. The average molecular weight is 539 g/mol. The van der Waals surface area contributed by atoms with Crippen molar-refractivity contribution in [2.45, 2.75) is 38.1 Å². The second kappa shape index (κ2) is 10.8. The highest BCUT2D eigenvalue weighted by molar-refractivity contribution is 8.93. The molecule has 4 rings (SSSR count). The molecule has 0 radical (unpaired) electrons. The van der Waals surface area contributed by atoms with Crippen LogP contribution >= 0.6 is 28.3 Å². The number of aromatic nitrogens is 1. The summed E-state index contributed by atoms with van der Waals surface area (Å²) in [5.41, 5.74) is 2.88. The summed E-state index contributed by atoms with van der Waals surface area (Å²) in [5.74, 6) is 0.834. The Balaban J connectivity index is 0.00000289. The summed E-state index contributed by atoms with van der Waals surface area (Å²) in [6, 6.07) is 14.9. The Morgan fingerprint density at radius 1 is 1.00 bits per heavy atom. The first-order chi connectivity index (χ1) is 15.0. The molecule has 1 fully saturated rings. The molecule has 172 valence electrons. The molecule has 0 aliphatic carbocycles. The van der Waals surface area contributed by atoms with Crippen LogP contribution in [0.1, 0.15) is 26.7 Å². The molecule has 1 aliphatic rings. The van der Waals surface area contributed by atoms with Crippen molar-refractivity contribution in [2.24, 2.45) is 4.99 Å². The maximum Gasteiger partial charge on any atom is 0.243 e. The van der Waals surface area contributed by atoms with Gasteiger partial charge < -0.3 is 9.30 Å². The predicted molar refractivity (Wildman–Crippen MR) is 135 cm³/mol. The lowest BCUT2D eigenvalue weighted by atomic mass is 10.2. The zero-order chi connectivity index (χ0) is 21.8. The van der Waals surface area contributed by atoms with E-state index in [4.69, 9.17) is 9.73 Å². The van der Waals surface area contributed by atoms with Gasteiger partial charge in [-0.3, -0.25) is 0 Å². The van der Waals surface area contributed by atoms with Gasteiger partial charge in [0.1, 0.15) is 5.75 Å². The molecule has 0 saturated carbocycles. The van der Waals surface area contributed by atoms with Crippen LogP contribution in [0.4, 0.5) is 5.69 Å². The zero-order valence-corrected chi connectivity index (χ0v) is 21.6. The first-order valence-corrected chi connectivity index (χ1v) is 12.9. The Labute approximate surface area is 204 Å². The first-order valence-electron chi connectivity index (χ1n) is 10.6. The van der Waals surface area contributed by atoms with Gasteiger partial charge in [-0.1, -0.05) is 12.1 Å². The third-order valence-corrected chi connectivity index (χ3v) is 8.12. The van der Waals surface area contributed by atoms with Crippen molar-refractivity contribution in [2.75, 3.05) is 19.7 Å². The third-order valence-electron chi connectivity index (χ3n) is 5.34. The van der Waals surface area contributed by atoms with Gasteiger partial charge in [-0.05, 0) is 68.7 Å². The molecule has 1 aliphatic heterocycles. The molecule has 6 nitrogen and oxygen atoms in total. The molecule has 2 heterocycles. The first kappa shape index (κ1) is 24.7. The number of sulfonamides is 1. The van der Waals surface area contributed by atoms with Crippen LogP contribution in [-0.4, -0.2) is 37.0 Å². The molecule has 32 heavy (non-hydrogen) atoms. The SMILES string of the molecule is Br.CCOc1ccc(N=c2scc(-c3ccc(S(=O)(=O)N4CCCC4)cc3)n2CC)cc1.